The number of rotatable bonds is 5. The Morgan fingerprint density at radius 2 is 2.19 bits per heavy atom. The topological polar surface area (TPSA) is 38.8 Å². The fraction of sp³-hybridized carbons (Fsp3) is 0.533. The van der Waals surface area contributed by atoms with Gasteiger partial charge in [0, 0.05) is 11.6 Å². The first-order valence-electron chi connectivity index (χ1n) is 7.01. The van der Waals surface area contributed by atoms with E-state index in [-0.39, 0.29) is 12.0 Å². The number of hydrogen-bond donors (Lipinski definition) is 0. The van der Waals surface area contributed by atoms with Gasteiger partial charge in [0.15, 0.2) is 0 Å². The zero-order valence-electron chi connectivity index (χ0n) is 12.0. The average Bonchev–Trinajstić information content (AvgIpc) is 2.49. The maximum Gasteiger partial charge on any atom is 0.323 e. The predicted molar refractivity (Wildman–Crippen MR) is 83.2 cm³/mol. The first kappa shape index (κ1) is 16.4. The largest absolute Gasteiger partial charge is 0.491 e. The van der Waals surface area contributed by atoms with Gasteiger partial charge in [-0.05, 0) is 37.6 Å². The Kier molecular flexibility index (Phi) is 6.15. The van der Waals surface area contributed by atoms with Gasteiger partial charge in [0.25, 0.3) is 0 Å². The number of ether oxygens (including phenoxy) is 2. The van der Waals surface area contributed by atoms with Crippen LogP contribution in [0.5, 0.6) is 5.75 Å². The second kappa shape index (κ2) is 7.87. The van der Waals surface area contributed by atoms with E-state index in [0.717, 1.165) is 25.8 Å². The van der Waals surface area contributed by atoms with Crippen molar-refractivity contribution in [2.75, 3.05) is 26.8 Å². The van der Waals surface area contributed by atoms with Gasteiger partial charge in [-0.15, -0.1) is 0 Å². The van der Waals surface area contributed by atoms with E-state index in [1.54, 1.807) is 18.2 Å². The van der Waals surface area contributed by atoms with Crippen LogP contribution in [0.3, 0.4) is 0 Å². The molecule has 1 aromatic carbocycles. The van der Waals surface area contributed by atoms with Crippen LogP contribution in [-0.2, 0) is 9.53 Å². The summed E-state index contributed by atoms with van der Waals surface area (Å²) in [5.74, 6) is 0.437. The number of esters is 1. The molecular weight excluding hydrogens is 313 g/mol. The lowest BCUT2D eigenvalue weighted by Crippen LogP contribution is -2.46. The minimum atomic E-state index is -0.167. The van der Waals surface area contributed by atoms with E-state index in [2.05, 4.69) is 4.90 Å². The third-order valence-corrected chi connectivity index (χ3v) is 4.15. The molecule has 4 nitrogen and oxygen atoms in total. The summed E-state index contributed by atoms with van der Waals surface area (Å²) < 4.78 is 10.5. The lowest BCUT2D eigenvalue weighted by Gasteiger charge is -2.33. The molecule has 6 heteroatoms. The van der Waals surface area contributed by atoms with Gasteiger partial charge in [0.1, 0.15) is 18.4 Å². The van der Waals surface area contributed by atoms with Crippen LogP contribution in [0.2, 0.25) is 10.0 Å². The predicted octanol–water partition coefficient (Wildman–Crippen LogP) is 3.40. The molecule has 0 aromatic heterocycles. The Morgan fingerprint density at radius 3 is 2.90 bits per heavy atom. The van der Waals surface area contributed by atoms with Crippen molar-refractivity contribution < 1.29 is 14.3 Å². The molecule has 0 saturated carbocycles. The van der Waals surface area contributed by atoms with E-state index < -0.39 is 0 Å². The Balaban J connectivity index is 1.87. The number of carbonyl (C=O) groups excluding carboxylic acids is 1. The van der Waals surface area contributed by atoms with Crippen LogP contribution in [0.25, 0.3) is 0 Å². The van der Waals surface area contributed by atoms with Crippen LogP contribution in [0.1, 0.15) is 19.3 Å². The molecular formula is C15H19Cl2NO3. The van der Waals surface area contributed by atoms with Crippen LogP contribution in [0.15, 0.2) is 18.2 Å². The standard InChI is InChI=1S/C15H19Cl2NO3/c1-20-15(19)13-4-2-3-7-18(13)8-9-21-14-6-5-11(16)10-12(14)17/h5-6,10,13H,2-4,7-9H2,1H3. The number of nitrogens with zero attached hydrogens (tertiary/aromatic N) is 1. The second-order valence-corrected chi connectivity index (χ2v) is 5.84. The van der Waals surface area contributed by atoms with Crippen molar-refractivity contribution in [3.63, 3.8) is 0 Å². The first-order valence-corrected chi connectivity index (χ1v) is 7.77. The molecule has 0 aliphatic carbocycles. The summed E-state index contributed by atoms with van der Waals surface area (Å²) in [5, 5.41) is 1.07. The van der Waals surface area contributed by atoms with E-state index >= 15 is 0 Å². The van der Waals surface area contributed by atoms with Crippen molar-refractivity contribution in [2.24, 2.45) is 0 Å². The fourth-order valence-corrected chi connectivity index (χ4v) is 2.99. The number of benzene rings is 1. The summed E-state index contributed by atoms with van der Waals surface area (Å²) in [6, 6.07) is 4.98. The van der Waals surface area contributed by atoms with Gasteiger partial charge in [0.2, 0.25) is 0 Å². The number of methoxy groups -OCH3 is 1. The zero-order chi connectivity index (χ0) is 15.2. The summed E-state index contributed by atoms with van der Waals surface area (Å²) in [4.78, 5) is 13.9. The zero-order valence-corrected chi connectivity index (χ0v) is 13.5. The number of likely N-dealkylation sites (tertiary alicyclic amines) is 1. The van der Waals surface area contributed by atoms with Gasteiger partial charge >= 0.3 is 5.97 Å². The van der Waals surface area contributed by atoms with Crippen molar-refractivity contribution in [3.05, 3.63) is 28.2 Å². The summed E-state index contributed by atoms with van der Waals surface area (Å²) in [6.07, 6.45) is 2.99. The molecule has 116 valence electrons. The lowest BCUT2D eigenvalue weighted by atomic mass is 10.0. The summed E-state index contributed by atoms with van der Waals surface area (Å²) in [6.45, 7) is 2.02. The van der Waals surface area contributed by atoms with E-state index in [4.69, 9.17) is 32.7 Å². The molecule has 0 bridgehead atoms. The van der Waals surface area contributed by atoms with Gasteiger partial charge in [-0.25, -0.2) is 0 Å². The maximum absolute atomic E-state index is 11.8. The fourth-order valence-electron chi connectivity index (χ4n) is 2.53. The molecule has 0 radical (unpaired) electrons. The second-order valence-electron chi connectivity index (χ2n) is 4.99. The van der Waals surface area contributed by atoms with E-state index in [9.17, 15) is 4.79 Å². The quantitative estimate of drug-likeness (QED) is 0.775. The highest BCUT2D eigenvalue weighted by molar-refractivity contribution is 6.35. The molecule has 0 spiro atoms. The molecule has 1 saturated heterocycles. The molecule has 1 aliphatic heterocycles. The van der Waals surface area contributed by atoms with Crippen molar-refractivity contribution >= 4 is 29.2 Å². The normalized spacial score (nSPS) is 19.3. The monoisotopic (exact) mass is 331 g/mol. The molecule has 1 aromatic rings. The molecule has 1 aliphatic rings. The molecule has 21 heavy (non-hydrogen) atoms. The van der Waals surface area contributed by atoms with Crippen LogP contribution in [0, 0.1) is 0 Å². The van der Waals surface area contributed by atoms with Crippen molar-refractivity contribution in [2.45, 2.75) is 25.3 Å². The molecule has 0 amide bonds. The van der Waals surface area contributed by atoms with Crippen LogP contribution < -0.4 is 4.74 Å². The Hall–Kier alpha value is -0.970. The lowest BCUT2D eigenvalue weighted by molar-refractivity contribution is -0.148. The van der Waals surface area contributed by atoms with Gasteiger partial charge in [-0.1, -0.05) is 29.6 Å². The SMILES string of the molecule is COC(=O)C1CCCCN1CCOc1ccc(Cl)cc1Cl. The van der Waals surface area contributed by atoms with Crippen molar-refractivity contribution in [1.29, 1.82) is 0 Å². The number of hydrogen-bond acceptors (Lipinski definition) is 4. The van der Waals surface area contributed by atoms with Gasteiger partial charge in [-0.3, -0.25) is 9.69 Å². The Bertz CT molecular complexity index is 496. The molecule has 1 fully saturated rings. The first-order chi connectivity index (χ1) is 10.1. The molecule has 2 rings (SSSR count). The highest BCUT2D eigenvalue weighted by Gasteiger charge is 2.29. The van der Waals surface area contributed by atoms with Crippen molar-refractivity contribution in [1.82, 2.24) is 4.90 Å². The average molecular weight is 332 g/mol. The van der Waals surface area contributed by atoms with Crippen molar-refractivity contribution in [3.8, 4) is 5.75 Å². The maximum atomic E-state index is 11.8. The highest BCUT2D eigenvalue weighted by Crippen LogP contribution is 2.27. The van der Waals surface area contributed by atoms with Gasteiger partial charge in [-0.2, -0.15) is 0 Å². The third kappa shape index (κ3) is 4.50. The molecule has 1 unspecified atom stereocenters. The Morgan fingerprint density at radius 1 is 1.38 bits per heavy atom. The number of piperidine rings is 1. The van der Waals surface area contributed by atoms with Crippen LogP contribution in [0.4, 0.5) is 0 Å². The smallest absolute Gasteiger partial charge is 0.323 e. The highest BCUT2D eigenvalue weighted by atomic mass is 35.5. The summed E-state index contributed by atoms with van der Waals surface area (Å²) in [5.41, 5.74) is 0. The molecule has 1 heterocycles. The Labute approximate surface area is 134 Å². The van der Waals surface area contributed by atoms with Crippen LogP contribution in [-0.4, -0.2) is 43.7 Å². The van der Waals surface area contributed by atoms with E-state index in [1.165, 1.54) is 7.11 Å². The van der Waals surface area contributed by atoms with E-state index in [1.807, 2.05) is 0 Å². The van der Waals surface area contributed by atoms with Gasteiger partial charge < -0.3 is 9.47 Å². The van der Waals surface area contributed by atoms with Crippen LogP contribution >= 0.6 is 23.2 Å². The summed E-state index contributed by atoms with van der Waals surface area (Å²) in [7, 11) is 1.43. The number of carbonyl (C=O) groups is 1. The van der Waals surface area contributed by atoms with Gasteiger partial charge in [0.05, 0.1) is 12.1 Å². The molecule has 0 N–H and O–H groups in total. The molecule has 1 atom stereocenters. The minimum absolute atomic E-state index is 0.159. The third-order valence-electron chi connectivity index (χ3n) is 3.62. The summed E-state index contributed by atoms with van der Waals surface area (Å²) >= 11 is 11.9. The van der Waals surface area contributed by atoms with E-state index in [0.29, 0.717) is 28.9 Å². The minimum Gasteiger partial charge on any atom is -0.491 e. The number of halogens is 2.